The summed E-state index contributed by atoms with van der Waals surface area (Å²) in [5.74, 6) is 0.0994. The topological polar surface area (TPSA) is 84.1 Å². The highest BCUT2D eigenvalue weighted by molar-refractivity contribution is 7.18. The number of aromatic nitrogens is 2. The number of pyridine rings is 1. The number of thiazole rings is 1. The molecule has 7 heteroatoms. The quantitative estimate of drug-likeness (QED) is 0.846. The summed E-state index contributed by atoms with van der Waals surface area (Å²) < 4.78 is 0. The fourth-order valence-electron chi connectivity index (χ4n) is 1.71. The minimum absolute atomic E-state index is 0.184. The van der Waals surface area contributed by atoms with Crippen LogP contribution in [0.3, 0.4) is 0 Å². The van der Waals surface area contributed by atoms with Crippen molar-refractivity contribution in [1.29, 1.82) is 0 Å². The van der Waals surface area contributed by atoms with E-state index in [-0.39, 0.29) is 11.7 Å². The average Bonchev–Trinajstić information content (AvgIpc) is 2.89. The first-order valence-corrected chi connectivity index (χ1v) is 7.59. The first-order chi connectivity index (χ1) is 10.1. The number of nitrogens with zero attached hydrogens (tertiary/aromatic N) is 3. The smallest absolute Gasteiger partial charge is 0.265 e. The molecule has 0 atom stereocenters. The predicted octanol–water partition coefficient (Wildman–Crippen LogP) is 1.55. The summed E-state index contributed by atoms with van der Waals surface area (Å²) in [6, 6.07) is 5.73. The standard InChI is InChI=1S/C14H19N5OS/c1-3-19(2)14-18-12(15)11(21-14)13(20)17-9-7-10-6-4-5-8-16-10/h4-6,8H,3,7,9,15H2,1-2H3,(H,17,20). The molecular weight excluding hydrogens is 286 g/mol. The zero-order valence-electron chi connectivity index (χ0n) is 12.2. The van der Waals surface area contributed by atoms with Gasteiger partial charge in [-0.2, -0.15) is 0 Å². The Bertz CT molecular complexity index is 599. The van der Waals surface area contributed by atoms with Gasteiger partial charge >= 0.3 is 0 Å². The lowest BCUT2D eigenvalue weighted by atomic mass is 10.3. The van der Waals surface area contributed by atoms with E-state index in [2.05, 4.69) is 15.3 Å². The van der Waals surface area contributed by atoms with Gasteiger partial charge in [0.15, 0.2) is 5.13 Å². The Balaban J connectivity index is 1.93. The van der Waals surface area contributed by atoms with Crippen LogP contribution >= 0.6 is 11.3 Å². The molecule has 1 amide bonds. The van der Waals surface area contributed by atoms with Gasteiger partial charge in [0.25, 0.3) is 5.91 Å². The molecule has 2 aromatic rings. The molecule has 2 heterocycles. The highest BCUT2D eigenvalue weighted by atomic mass is 32.1. The molecule has 0 aliphatic heterocycles. The molecule has 2 rings (SSSR count). The number of rotatable bonds is 6. The highest BCUT2D eigenvalue weighted by Gasteiger charge is 2.17. The molecule has 0 aliphatic carbocycles. The summed E-state index contributed by atoms with van der Waals surface area (Å²) in [4.78, 5) is 23.0. The maximum Gasteiger partial charge on any atom is 0.265 e. The van der Waals surface area contributed by atoms with E-state index in [0.29, 0.717) is 17.8 Å². The van der Waals surface area contributed by atoms with Crippen molar-refractivity contribution in [3.63, 3.8) is 0 Å². The van der Waals surface area contributed by atoms with Gasteiger partial charge in [0.1, 0.15) is 10.7 Å². The molecule has 6 nitrogen and oxygen atoms in total. The minimum atomic E-state index is -0.184. The van der Waals surface area contributed by atoms with E-state index >= 15 is 0 Å². The van der Waals surface area contributed by atoms with E-state index in [4.69, 9.17) is 5.73 Å². The van der Waals surface area contributed by atoms with Crippen molar-refractivity contribution in [2.24, 2.45) is 0 Å². The Morgan fingerprint density at radius 1 is 1.48 bits per heavy atom. The summed E-state index contributed by atoms with van der Waals surface area (Å²) in [6.07, 6.45) is 2.43. The van der Waals surface area contributed by atoms with Crippen LogP contribution in [-0.4, -0.2) is 36.0 Å². The summed E-state index contributed by atoms with van der Waals surface area (Å²) in [5.41, 5.74) is 6.76. The first kappa shape index (κ1) is 15.2. The number of carbonyl (C=O) groups excluding carboxylic acids is 1. The molecule has 0 aromatic carbocycles. The molecule has 0 fully saturated rings. The lowest BCUT2D eigenvalue weighted by molar-refractivity contribution is 0.0959. The number of carbonyl (C=O) groups is 1. The Hall–Kier alpha value is -2.15. The van der Waals surface area contributed by atoms with E-state index in [0.717, 1.165) is 17.4 Å². The number of anilines is 2. The van der Waals surface area contributed by atoms with Crippen molar-refractivity contribution in [1.82, 2.24) is 15.3 Å². The zero-order chi connectivity index (χ0) is 15.2. The second-order valence-corrected chi connectivity index (χ2v) is 5.53. The fourth-order valence-corrected chi connectivity index (χ4v) is 2.64. The summed E-state index contributed by atoms with van der Waals surface area (Å²) in [6.45, 7) is 3.35. The number of hydrogen-bond acceptors (Lipinski definition) is 6. The molecule has 0 saturated carbocycles. The van der Waals surface area contributed by atoms with Crippen molar-refractivity contribution in [2.45, 2.75) is 13.3 Å². The van der Waals surface area contributed by atoms with Crippen LogP contribution in [0.25, 0.3) is 0 Å². The molecule has 0 radical (unpaired) electrons. The maximum absolute atomic E-state index is 12.1. The third-order valence-electron chi connectivity index (χ3n) is 3.04. The molecule has 3 N–H and O–H groups in total. The third kappa shape index (κ3) is 3.91. The van der Waals surface area contributed by atoms with Crippen LogP contribution < -0.4 is 16.0 Å². The second kappa shape index (κ2) is 7.03. The van der Waals surface area contributed by atoms with Gasteiger partial charge in [-0.3, -0.25) is 9.78 Å². The Morgan fingerprint density at radius 3 is 2.95 bits per heavy atom. The molecule has 0 aliphatic rings. The molecule has 0 unspecified atom stereocenters. The molecule has 0 saturated heterocycles. The molecular formula is C14H19N5OS. The Morgan fingerprint density at radius 2 is 2.29 bits per heavy atom. The summed E-state index contributed by atoms with van der Waals surface area (Å²) in [7, 11) is 1.92. The monoisotopic (exact) mass is 305 g/mol. The van der Waals surface area contributed by atoms with Gasteiger partial charge in [-0.05, 0) is 19.1 Å². The van der Waals surface area contributed by atoms with Crippen LogP contribution in [0.5, 0.6) is 0 Å². The Labute approximate surface area is 128 Å². The molecule has 2 aromatic heterocycles. The van der Waals surface area contributed by atoms with E-state index < -0.39 is 0 Å². The van der Waals surface area contributed by atoms with E-state index in [1.807, 2.05) is 37.1 Å². The van der Waals surface area contributed by atoms with Gasteiger partial charge in [-0.25, -0.2) is 4.98 Å². The van der Waals surface area contributed by atoms with E-state index in [1.165, 1.54) is 11.3 Å². The lowest BCUT2D eigenvalue weighted by Crippen LogP contribution is -2.25. The zero-order valence-corrected chi connectivity index (χ0v) is 13.0. The van der Waals surface area contributed by atoms with Crippen LogP contribution in [0.2, 0.25) is 0 Å². The van der Waals surface area contributed by atoms with Crippen molar-refractivity contribution in [3.05, 3.63) is 35.0 Å². The van der Waals surface area contributed by atoms with Gasteiger partial charge < -0.3 is 16.0 Å². The van der Waals surface area contributed by atoms with Crippen LogP contribution in [-0.2, 0) is 6.42 Å². The maximum atomic E-state index is 12.1. The minimum Gasteiger partial charge on any atom is -0.382 e. The first-order valence-electron chi connectivity index (χ1n) is 6.77. The molecule has 112 valence electrons. The van der Waals surface area contributed by atoms with Crippen molar-refractivity contribution < 1.29 is 4.79 Å². The SMILES string of the molecule is CCN(C)c1nc(N)c(C(=O)NCCc2ccccn2)s1. The van der Waals surface area contributed by atoms with E-state index in [9.17, 15) is 4.79 Å². The van der Waals surface area contributed by atoms with E-state index in [1.54, 1.807) is 6.20 Å². The van der Waals surface area contributed by atoms with Gasteiger partial charge in [0.05, 0.1) is 0 Å². The van der Waals surface area contributed by atoms with Gasteiger partial charge in [-0.15, -0.1) is 0 Å². The number of nitrogen functional groups attached to an aromatic ring is 1. The third-order valence-corrected chi connectivity index (χ3v) is 4.23. The molecule has 0 spiro atoms. The fraction of sp³-hybridized carbons (Fsp3) is 0.357. The van der Waals surface area contributed by atoms with Gasteiger partial charge in [-0.1, -0.05) is 17.4 Å². The van der Waals surface area contributed by atoms with Crippen LogP contribution in [0.4, 0.5) is 10.9 Å². The van der Waals surface area contributed by atoms with Gasteiger partial charge in [0, 0.05) is 38.4 Å². The lowest BCUT2D eigenvalue weighted by Gasteiger charge is -2.10. The summed E-state index contributed by atoms with van der Waals surface area (Å²) >= 11 is 1.31. The molecule has 0 bridgehead atoms. The Kier molecular flexibility index (Phi) is 5.10. The van der Waals surface area contributed by atoms with Crippen LogP contribution in [0.1, 0.15) is 22.3 Å². The average molecular weight is 305 g/mol. The number of amides is 1. The number of nitrogens with one attached hydrogen (secondary N) is 1. The molecule has 21 heavy (non-hydrogen) atoms. The van der Waals surface area contributed by atoms with Crippen molar-refractivity contribution in [2.75, 3.05) is 30.8 Å². The largest absolute Gasteiger partial charge is 0.382 e. The number of hydrogen-bond donors (Lipinski definition) is 2. The highest BCUT2D eigenvalue weighted by Crippen LogP contribution is 2.27. The van der Waals surface area contributed by atoms with Gasteiger partial charge in [0.2, 0.25) is 0 Å². The summed E-state index contributed by atoms with van der Waals surface area (Å²) in [5, 5.41) is 3.61. The van der Waals surface area contributed by atoms with Crippen LogP contribution in [0.15, 0.2) is 24.4 Å². The normalized spacial score (nSPS) is 10.4. The van der Waals surface area contributed by atoms with Crippen LogP contribution in [0, 0.1) is 0 Å². The van der Waals surface area contributed by atoms with Crippen molar-refractivity contribution in [3.8, 4) is 0 Å². The van der Waals surface area contributed by atoms with Crippen molar-refractivity contribution >= 4 is 28.2 Å². The number of nitrogens with two attached hydrogens (primary N) is 1. The predicted molar refractivity (Wildman–Crippen MR) is 85.7 cm³/mol. The second-order valence-electron chi connectivity index (χ2n) is 4.55.